The summed E-state index contributed by atoms with van der Waals surface area (Å²) >= 11 is 0. The third kappa shape index (κ3) is 14.0. The van der Waals surface area contributed by atoms with E-state index in [0.717, 1.165) is 11.1 Å². The molecule has 348 valence electrons. The first kappa shape index (κ1) is 49.0. The van der Waals surface area contributed by atoms with Crippen LogP contribution in [0.4, 0.5) is 11.6 Å². The number of rotatable bonds is 18. The Bertz CT molecular complexity index is 2510. The molecule has 0 spiro atoms. The number of hydrogen-bond donors (Lipinski definition) is 4. The van der Waals surface area contributed by atoms with Crippen molar-refractivity contribution in [1.29, 1.82) is 0 Å². The fourth-order valence-corrected chi connectivity index (χ4v) is 6.09. The molecule has 22 heteroatoms. The molecule has 2 aromatic carbocycles. The molecule has 0 aliphatic heterocycles. The van der Waals surface area contributed by atoms with E-state index in [1.54, 1.807) is 52.2 Å². The average Bonchev–Trinajstić information content (AvgIpc) is 4.08. The van der Waals surface area contributed by atoms with E-state index < -0.39 is 11.9 Å². The van der Waals surface area contributed by atoms with Crippen LogP contribution in [0.5, 0.6) is 0 Å². The summed E-state index contributed by atoms with van der Waals surface area (Å²) < 4.78 is 22.9. The number of hydrogen-bond acceptors (Lipinski definition) is 16. The summed E-state index contributed by atoms with van der Waals surface area (Å²) in [6, 6.07) is 13.4. The summed E-state index contributed by atoms with van der Waals surface area (Å²) in [6.45, 7) is 11.7. The van der Waals surface area contributed by atoms with Gasteiger partial charge in [0.05, 0.1) is 13.2 Å². The molecule has 4 aromatic heterocycles. The van der Waals surface area contributed by atoms with E-state index in [0.29, 0.717) is 71.7 Å². The van der Waals surface area contributed by atoms with Gasteiger partial charge >= 0.3 is 11.9 Å². The Kier molecular flexibility index (Phi) is 17.1. The number of benzene rings is 2. The normalized spacial score (nSPS) is 10.7. The zero-order chi connectivity index (χ0) is 47.9. The van der Waals surface area contributed by atoms with Gasteiger partial charge in [-0.05, 0) is 74.2 Å². The first-order chi connectivity index (χ1) is 31.5. The van der Waals surface area contributed by atoms with Gasteiger partial charge in [0, 0.05) is 88.3 Å². The van der Waals surface area contributed by atoms with Gasteiger partial charge in [0.15, 0.2) is 11.6 Å². The standard InChI is InChI=1S/2C22H26N6O5/c2*1-5-8-32-22(31)17-12-18(26-28(17)4)25-19(29)6-7-23-21(30)16-10-13(2)9-15(11-16)20-24-14(3)33-27-20/h2*9-12H,5-8H2,1-4H3,(H,23,30)(H,25,26,29). The van der Waals surface area contributed by atoms with Crippen molar-refractivity contribution in [3.05, 3.63) is 94.0 Å². The molecule has 6 rings (SSSR count). The predicted octanol–water partition coefficient (Wildman–Crippen LogP) is 4.82. The number of nitrogens with zero attached hydrogens (tertiary/aromatic N) is 8. The maximum atomic E-state index is 12.6. The molecular formula is C44H52N12O10. The number of carbonyl (C=O) groups excluding carboxylic acids is 6. The van der Waals surface area contributed by atoms with Crippen molar-refractivity contribution < 1.29 is 47.3 Å². The molecule has 4 heterocycles. The first-order valence-electron chi connectivity index (χ1n) is 21.0. The summed E-state index contributed by atoms with van der Waals surface area (Å²) in [6.07, 6.45) is 1.47. The van der Waals surface area contributed by atoms with Crippen LogP contribution in [-0.2, 0) is 33.2 Å². The summed E-state index contributed by atoms with van der Waals surface area (Å²) in [7, 11) is 3.18. The minimum Gasteiger partial charge on any atom is -0.461 e. The number of nitrogens with one attached hydrogen (secondary N) is 4. The lowest BCUT2D eigenvalue weighted by molar-refractivity contribution is -0.116. The molecule has 0 saturated carbocycles. The van der Waals surface area contributed by atoms with Gasteiger partial charge in [0.2, 0.25) is 35.2 Å². The molecular weight excluding hydrogens is 857 g/mol. The van der Waals surface area contributed by atoms with Gasteiger partial charge in [-0.1, -0.05) is 24.2 Å². The predicted molar refractivity (Wildman–Crippen MR) is 237 cm³/mol. The van der Waals surface area contributed by atoms with Gasteiger partial charge in [-0.2, -0.15) is 20.2 Å². The topological polar surface area (TPSA) is 282 Å². The van der Waals surface area contributed by atoms with E-state index in [-0.39, 0.29) is 72.6 Å². The number of amides is 4. The van der Waals surface area contributed by atoms with Crippen LogP contribution >= 0.6 is 0 Å². The minimum atomic E-state index is -0.506. The monoisotopic (exact) mass is 908 g/mol. The zero-order valence-corrected chi connectivity index (χ0v) is 37.9. The number of carbonyl (C=O) groups is 6. The van der Waals surface area contributed by atoms with Crippen molar-refractivity contribution in [3.8, 4) is 22.8 Å². The van der Waals surface area contributed by atoms with E-state index >= 15 is 0 Å². The molecule has 0 atom stereocenters. The van der Waals surface area contributed by atoms with Crippen molar-refractivity contribution in [2.75, 3.05) is 36.9 Å². The van der Waals surface area contributed by atoms with Gasteiger partial charge in [0.25, 0.3) is 11.8 Å². The first-order valence-corrected chi connectivity index (χ1v) is 21.0. The van der Waals surface area contributed by atoms with Crippen LogP contribution in [0.25, 0.3) is 22.8 Å². The Morgan fingerprint density at radius 2 is 0.970 bits per heavy atom. The minimum absolute atomic E-state index is 0.0284. The molecule has 0 radical (unpaired) electrons. The quantitative estimate of drug-likeness (QED) is 0.0841. The van der Waals surface area contributed by atoms with Gasteiger partial charge in [-0.25, -0.2) is 9.59 Å². The summed E-state index contributed by atoms with van der Waals surface area (Å²) in [5.74, 6) is -0.242. The van der Waals surface area contributed by atoms with Crippen molar-refractivity contribution in [2.45, 2.75) is 67.2 Å². The Morgan fingerprint density at radius 3 is 1.32 bits per heavy atom. The van der Waals surface area contributed by atoms with Crippen LogP contribution in [0.1, 0.15) is 104 Å². The second-order valence-electron chi connectivity index (χ2n) is 14.9. The maximum absolute atomic E-state index is 12.6. The molecule has 0 aliphatic carbocycles. The van der Waals surface area contributed by atoms with E-state index in [9.17, 15) is 28.8 Å². The largest absolute Gasteiger partial charge is 0.461 e. The molecule has 4 amide bonds. The van der Waals surface area contributed by atoms with Crippen molar-refractivity contribution in [1.82, 2.24) is 50.5 Å². The third-order valence-corrected chi connectivity index (χ3v) is 9.11. The Labute approximate surface area is 379 Å². The number of anilines is 2. The Hall–Kier alpha value is -8.04. The number of aryl methyl sites for hydroxylation is 6. The fraction of sp³-hybridized carbons (Fsp3) is 0.364. The molecule has 0 saturated heterocycles. The zero-order valence-electron chi connectivity index (χ0n) is 37.9. The highest BCUT2D eigenvalue weighted by Gasteiger charge is 2.19. The lowest BCUT2D eigenvalue weighted by Crippen LogP contribution is -2.27. The molecule has 0 unspecified atom stereocenters. The van der Waals surface area contributed by atoms with Crippen molar-refractivity contribution in [3.63, 3.8) is 0 Å². The lowest BCUT2D eigenvalue weighted by atomic mass is 10.1. The summed E-state index contributed by atoms with van der Waals surface area (Å²) in [4.78, 5) is 81.9. The second-order valence-corrected chi connectivity index (χ2v) is 14.9. The van der Waals surface area contributed by atoms with Gasteiger partial charge in [-0.3, -0.25) is 28.5 Å². The average molecular weight is 909 g/mol. The fourth-order valence-electron chi connectivity index (χ4n) is 6.09. The molecule has 0 bridgehead atoms. The van der Waals surface area contributed by atoms with Gasteiger partial charge in [-0.15, -0.1) is 0 Å². The van der Waals surface area contributed by atoms with Crippen LogP contribution in [0.2, 0.25) is 0 Å². The van der Waals surface area contributed by atoms with E-state index in [4.69, 9.17) is 18.5 Å². The van der Waals surface area contributed by atoms with Crippen LogP contribution < -0.4 is 21.3 Å². The van der Waals surface area contributed by atoms with Gasteiger partial charge in [0.1, 0.15) is 11.4 Å². The summed E-state index contributed by atoms with van der Waals surface area (Å²) in [5, 5.41) is 26.6. The van der Waals surface area contributed by atoms with E-state index in [1.807, 2.05) is 39.8 Å². The molecule has 0 aliphatic rings. The second kappa shape index (κ2) is 23.1. The maximum Gasteiger partial charge on any atom is 0.356 e. The summed E-state index contributed by atoms with van der Waals surface area (Å²) in [5.41, 5.74) is 4.37. The highest BCUT2D eigenvalue weighted by Crippen LogP contribution is 2.21. The van der Waals surface area contributed by atoms with Gasteiger partial charge < -0.3 is 39.8 Å². The van der Waals surface area contributed by atoms with Crippen LogP contribution in [0.3, 0.4) is 0 Å². The highest BCUT2D eigenvalue weighted by atomic mass is 16.5. The number of esters is 2. The molecule has 6 aromatic rings. The highest BCUT2D eigenvalue weighted by molar-refractivity contribution is 5.98. The molecule has 0 fully saturated rings. The lowest BCUT2D eigenvalue weighted by Gasteiger charge is -2.07. The van der Waals surface area contributed by atoms with Crippen molar-refractivity contribution in [2.24, 2.45) is 14.1 Å². The van der Waals surface area contributed by atoms with Crippen molar-refractivity contribution >= 4 is 47.2 Å². The SMILES string of the molecule is CCCOC(=O)c1cc(NC(=O)CCNC(=O)c2cc(C)cc(-c3noc(C)n3)c2)nn1C.CCCOC(=O)c1cc(NC(=O)CCNC(=O)c2cc(C)cc(-c3noc(C)n3)c2)nn1C. The van der Waals surface area contributed by atoms with Crippen LogP contribution in [-0.4, -0.2) is 102 Å². The molecule has 4 N–H and O–H groups in total. The van der Waals surface area contributed by atoms with Crippen LogP contribution in [0, 0.1) is 27.7 Å². The van der Waals surface area contributed by atoms with Crippen LogP contribution in [0.15, 0.2) is 57.6 Å². The van der Waals surface area contributed by atoms with E-state index in [1.165, 1.54) is 21.5 Å². The molecule has 66 heavy (non-hydrogen) atoms. The number of ether oxygens (including phenoxy) is 2. The number of aromatic nitrogens is 8. The Balaban J connectivity index is 0.000000247. The smallest absolute Gasteiger partial charge is 0.356 e. The Morgan fingerprint density at radius 1 is 0.576 bits per heavy atom. The molecule has 22 nitrogen and oxygen atoms in total. The third-order valence-electron chi connectivity index (χ3n) is 9.11. The van der Waals surface area contributed by atoms with E-state index in [2.05, 4.69) is 51.7 Å².